The van der Waals surface area contributed by atoms with E-state index < -0.39 is 21.6 Å². The van der Waals surface area contributed by atoms with Gasteiger partial charge in [0.15, 0.2) is 0 Å². The number of fused-ring (bicyclic) bond motifs is 1. The zero-order valence-electron chi connectivity index (χ0n) is 19.0. The molecule has 176 valence electrons. The van der Waals surface area contributed by atoms with Crippen LogP contribution in [0, 0.1) is 12.7 Å². The topological polar surface area (TPSA) is 90.2 Å². The van der Waals surface area contributed by atoms with Crippen LogP contribution >= 0.6 is 0 Å². The summed E-state index contributed by atoms with van der Waals surface area (Å²) in [5.41, 5.74) is 1.81. The molecule has 0 radical (unpaired) electrons. The van der Waals surface area contributed by atoms with Crippen molar-refractivity contribution in [3.63, 3.8) is 0 Å². The van der Waals surface area contributed by atoms with E-state index in [0.717, 1.165) is 17.7 Å². The van der Waals surface area contributed by atoms with E-state index in [1.165, 1.54) is 45.5 Å². The van der Waals surface area contributed by atoms with Crippen LogP contribution in [0.15, 0.2) is 75.2 Å². The van der Waals surface area contributed by atoms with E-state index in [0.29, 0.717) is 24.1 Å². The maximum Gasteiger partial charge on any atom is 0.329 e. The zero-order chi connectivity index (χ0) is 24.6. The monoisotopic (exact) mass is 481 g/mol. The van der Waals surface area contributed by atoms with Crippen molar-refractivity contribution in [2.45, 2.75) is 43.7 Å². The minimum absolute atomic E-state index is 0.0397. The highest BCUT2D eigenvalue weighted by Gasteiger charge is 2.26. The first-order valence-electron chi connectivity index (χ1n) is 10.8. The molecule has 0 aliphatic heterocycles. The predicted molar refractivity (Wildman–Crippen MR) is 129 cm³/mol. The van der Waals surface area contributed by atoms with E-state index in [9.17, 15) is 22.4 Å². The van der Waals surface area contributed by atoms with Crippen LogP contribution in [0.4, 0.5) is 10.1 Å². The molecule has 9 heteroatoms. The second-order valence-corrected chi connectivity index (χ2v) is 9.80. The predicted octanol–water partition coefficient (Wildman–Crippen LogP) is 4.38. The summed E-state index contributed by atoms with van der Waals surface area (Å²) in [5.74, 6) is -1.09. The van der Waals surface area contributed by atoms with Gasteiger partial charge < -0.3 is 5.32 Å². The molecule has 0 saturated heterocycles. The Kier molecular flexibility index (Phi) is 6.14. The van der Waals surface area contributed by atoms with Gasteiger partial charge in [0, 0.05) is 18.7 Å². The number of hydrogen-bond donors (Lipinski definition) is 1. The zero-order valence-corrected chi connectivity index (χ0v) is 19.8. The van der Waals surface area contributed by atoms with E-state index in [2.05, 4.69) is 5.32 Å². The Hall–Kier alpha value is -3.72. The number of nitrogens with zero attached hydrogens (tertiary/aromatic N) is 2. The molecule has 1 aromatic heterocycles. The van der Waals surface area contributed by atoms with Crippen LogP contribution in [0.5, 0.6) is 0 Å². The van der Waals surface area contributed by atoms with Gasteiger partial charge in [0.2, 0.25) is 9.84 Å². The quantitative estimate of drug-likeness (QED) is 0.443. The van der Waals surface area contributed by atoms with Crippen molar-refractivity contribution in [3.8, 4) is 0 Å². The van der Waals surface area contributed by atoms with Gasteiger partial charge >= 0.3 is 5.69 Å². The summed E-state index contributed by atoms with van der Waals surface area (Å²) < 4.78 is 43.6. The Bertz CT molecular complexity index is 1550. The van der Waals surface area contributed by atoms with Gasteiger partial charge in [-0.3, -0.25) is 13.9 Å². The molecule has 7 nitrogen and oxygen atoms in total. The number of imidazole rings is 1. The molecule has 1 amide bonds. The molecule has 0 spiro atoms. The van der Waals surface area contributed by atoms with Gasteiger partial charge in [-0.2, -0.15) is 0 Å². The minimum atomic E-state index is -4.05. The van der Waals surface area contributed by atoms with Gasteiger partial charge in [-0.25, -0.2) is 17.6 Å². The molecule has 0 unspecified atom stereocenters. The molecule has 4 aromatic rings. The maximum absolute atomic E-state index is 13.6. The number of halogens is 1. The molecule has 0 bridgehead atoms. The number of rotatable bonds is 6. The van der Waals surface area contributed by atoms with Gasteiger partial charge in [0.25, 0.3) is 5.91 Å². The molecule has 34 heavy (non-hydrogen) atoms. The number of carbonyl (C=O) groups is 1. The average molecular weight is 482 g/mol. The van der Waals surface area contributed by atoms with Gasteiger partial charge in [0.1, 0.15) is 5.82 Å². The summed E-state index contributed by atoms with van der Waals surface area (Å²) in [6, 6.07) is 14.3. The second kappa shape index (κ2) is 8.90. The Morgan fingerprint density at radius 3 is 2.03 bits per heavy atom. The Morgan fingerprint density at radius 1 is 0.912 bits per heavy atom. The number of anilines is 1. The SMILES string of the molecule is CCn1c(=O)n(CC)c2cc(S(=O)(=O)c3ccc(C)cc3)c(NC(=O)c3ccc(F)cc3)cc21. The Balaban J connectivity index is 1.96. The molecular formula is C25H24FN3O4S. The lowest BCUT2D eigenvalue weighted by Gasteiger charge is -2.14. The van der Waals surface area contributed by atoms with Crippen LogP contribution in [0.25, 0.3) is 11.0 Å². The maximum atomic E-state index is 13.6. The fraction of sp³-hybridized carbons (Fsp3) is 0.200. The number of sulfone groups is 1. The summed E-state index contributed by atoms with van der Waals surface area (Å²) in [5, 5.41) is 2.66. The average Bonchev–Trinajstić information content (AvgIpc) is 3.08. The molecule has 0 fully saturated rings. The highest BCUT2D eigenvalue weighted by molar-refractivity contribution is 7.91. The van der Waals surface area contributed by atoms with E-state index in [4.69, 9.17) is 0 Å². The van der Waals surface area contributed by atoms with Crippen molar-refractivity contribution in [2.75, 3.05) is 5.32 Å². The molecule has 0 aliphatic carbocycles. The Labute approximate surface area is 196 Å². The molecule has 3 aromatic carbocycles. The highest BCUT2D eigenvalue weighted by atomic mass is 32.2. The van der Waals surface area contributed by atoms with Crippen molar-refractivity contribution in [1.82, 2.24) is 9.13 Å². The normalized spacial score (nSPS) is 11.6. The molecule has 1 N–H and O–H groups in total. The van der Waals surface area contributed by atoms with Crippen molar-refractivity contribution in [2.24, 2.45) is 0 Å². The van der Waals surface area contributed by atoms with E-state index in [-0.39, 0.29) is 26.7 Å². The molecule has 0 saturated carbocycles. The molecule has 4 rings (SSSR count). The van der Waals surface area contributed by atoms with E-state index in [1.807, 2.05) is 13.8 Å². The first-order chi connectivity index (χ1) is 16.2. The lowest BCUT2D eigenvalue weighted by molar-refractivity contribution is 0.102. The third kappa shape index (κ3) is 4.03. The van der Waals surface area contributed by atoms with Crippen LogP contribution in [0.2, 0.25) is 0 Å². The fourth-order valence-corrected chi connectivity index (χ4v) is 5.33. The second-order valence-electron chi connectivity index (χ2n) is 7.89. The van der Waals surface area contributed by atoms with Gasteiger partial charge in [-0.05, 0) is 69.3 Å². The number of hydrogen-bond acceptors (Lipinski definition) is 4. The summed E-state index contributed by atoms with van der Waals surface area (Å²) in [7, 11) is -4.05. The van der Waals surface area contributed by atoms with Crippen LogP contribution < -0.4 is 11.0 Å². The van der Waals surface area contributed by atoms with Gasteiger partial charge in [-0.15, -0.1) is 0 Å². The number of aryl methyl sites for hydroxylation is 3. The van der Waals surface area contributed by atoms with Crippen molar-refractivity contribution in [3.05, 3.63) is 88.1 Å². The van der Waals surface area contributed by atoms with E-state index >= 15 is 0 Å². The standard InChI is InChI=1S/C25H24FN3O4S/c1-4-28-21-14-20(27-24(30)17-8-10-18(26)11-9-17)23(15-22(21)29(5-2)25(28)31)34(32,33)19-12-6-16(3)7-13-19/h6-15H,4-5H2,1-3H3,(H,27,30). The third-order valence-corrected chi connectivity index (χ3v) is 7.54. The highest BCUT2D eigenvalue weighted by Crippen LogP contribution is 2.32. The summed E-state index contributed by atoms with van der Waals surface area (Å²) in [6.45, 7) is 6.20. The molecule has 0 aliphatic rings. The number of nitrogens with one attached hydrogen (secondary N) is 1. The lowest BCUT2D eigenvalue weighted by atomic mass is 10.2. The molecular weight excluding hydrogens is 457 g/mol. The van der Waals surface area contributed by atoms with Crippen LogP contribution in [0.1, 0.15) is 29.8 Å². The molecule has 0 atom stereocenters. The number of benzene rings is 3. The van der Waals surface area contributed by atoms with Crippen LogP contribution in [0.3, 0.4) is 0 Å². The smallest absolute Gasteiger partial charge is 0.321 e. The largest absolute Gasteiger partial charge is 0.329 e. The van der Waals surface area contributed by atoms with E-state index in [1.54, 1.807) is 19.1 Å². The van der Waals surface area contributed by atoms with Crippen molar-refractivity contribution < 1.29 is 17.6 Å². The Morgan fingerprint density at radius 2 is 1.47 bits per heavy atom. The summed E-state index contributed by atoms with van der Waals surface area (Å²) in [6.07, 6.45) is 0. The lowest BCUT2D eigenvalue weighted by Crippen LogP contribution is -2.23. The third-order valence-electron chi connectivity index (χ3n) is 5.73. The summed E-state index contributed by atoms with van der Waals surface area (Å²) in [4.78, 5) is 25.7. The van der Waals surface area contributed by atoms with Crippen molar-refractivity contribution >= 4 is 32.5 Å². The minimum Gasteiger partial charge on any atom is -0.321 e. The van der Waals surface area contributed by atoms with Gasteiger partial charge in [0.05, 0.1) is 26.5 Å². The fourth-order valence-electron chi connectivity index (χ4n) is 3.91. The molecule has 1 heterocycles. The van der Waals surface area contributed by atoms with Gasteiger partial charge in [-0.1, -0.05) is 17.7 Å². The van der Waals surface area contributed by atoms with Crippen LogP contribution in [-0.4, -0.2) is 23.5 Å². The van der Waals surface area contributed by atoms with Crippen LogP contribution in [-0.2, 0) is 22.9 Å². The van der Waals surface area contributed by atoms with Crippen molar-refractivity contribution in [1.29, 1.82) is 0 Å². The number of aromatic nitrogens is 2. The number of carbonyl (C=O) groups excluding carboxylic acids is 1. The first kappa shape index (κ1) is 23.4. The summed E-state index contributed by atoms with van der Waals surface area (Å²) >= 11 is 0. The number of amides is 1. The first-order valence-corrected chi connectivity index (χ1v) is 12.3.